The third-order valence-corrected chi connectivity index (χ3v) is 2.85. The van der Waals surface area contributed by atoms with E-state index in [1.807, 2.05) is 23.3 Å². The van der Waals surface area contributed by atoms with Gasteiger partial charge in [-0.2, -0.15) is 0 Å². The fraction of sp³-hybridized carbons (Fsp3) is 0.429. The molecule has 0 saturated carbocycles. The zero-order valence-corrected chi connectivity index (χ0v) is 10.1. The third kappa shape index (κ3) is 2.27. The second-order valence-electron chi connectivity index (χ2n) is 4.60. The fourth-order valence-electron chi connectivity index (χ4n) is 1.83. The van der Waals surface area contributed by atoms with Gasteiger partial charge in [0, 0.05) is 0 Å². The Morgan fingerprint density at radius 1 is 1.12 bits per heavy atom. The Labute approximate surface area is 97.5 Å². The number of nitrogens with zero attached hydrogens (tertiary/aromatic N) is 1. The van der Waals surface area contributed by atoms with Gasteiger partial charge in [0.2, 0.25) is 0 Å². The maximum atomic E-state index is 5.99. The number of hydrogen-bond donors (Lipinski definition) is 0. The van der Waals surface area contributed by atoms with E-state index < -0.39 is 0 Å². The zero-order chi connectivity index (χ0) is 11.5. The van der Waals surface area contributed by atoms with Crippen molar-refractivity contribution in [2.45, 2.75) is 32.9 Å². The molecule has 1 aliphatic heterocycles. The molecule has 0 amide bonds. The van der Waals surface area contributed by atoms with Gasteiger partial charge in [-0.1, -0.05) is 44.2 Å². The standard InChI is InChI=1S/C14H19NO/c1-11(2)14-10-9-12(3)15(16-14)13-7-5-4-6-8-13/h4-12,14H,1-3H3/t12-,14+/m1/s1. The first kappa shape index (κ1) is 11.2. The molecule has 0 unspecified atom stereocenters. The molecule has 0 spiro atoms. The Kier molecular flexibility index (Phi) is 3.30. The normalized spacial score (nSPS) is 25.1. The van der Waals surface area contributed by atoms with Gasteiger partial charge >= 0.3 is 0 Å². The highest BCUT2D eigenvalue weighted by atomic mass is 16.7. The van der Waals surface area contributed by atoms with Crippen LogP contribution in [0.15, 0.2) is 42.5 Å². The largest absolute Gasteiger partial charge is 0.265 e. The van der Waals surface area contributed by atoms with Crippen LogP contribution >= 0.6 is 0 Å². The lowest BCUT2D eigenvalue weighted by molar-refractivity contribution is 0.0184. The molecule has 1 aliphatic rings. The minimum atomic E-state index is 0.177. The Morgan fingerprint density at radius 3 is 2.44 bits per heavy atom. The summed E-state index contributed by atoms with van der Waals surface area (Å²) < 4.78 is 0. The molecule has 2 atom stereocenters. The van der Waals surface area contributed by atoms with Crippen LogP contribution in [-0.2, 0) is 4.84 Å². The second kappa shape index (κ2) is 4.71. The van der Waals surface area contributed by atoms with Gasteiger partial charge in [0.1, 0.15) is 6.10 Å². The lowest BCUT2D eigenvalue weighted by Gasteiger charge is -2.36. The summed E-state index contributed by atoms with van der Waals surface area (Å²) in [5.41, 5.74) is 1.12. The number of para-hydroxylation sites is 1. The molecule has 0 N–H and O–H groups in total. The van der Waals surface area contributed by atoms with E-state index >= 15 is 0 Å². The first-order valence-corrected chi connectivity index (χ1v) is 5.88. The molecule has 1 aromatic carbocycles. The summed E-state index contributed by atoms with van der Waals surface area (Å²) in [5, 5.41) is 1.99. The average Bonchev–Trinajstić information content (AvgIpc) is 2.30. The summed E-state index contributed by atoms with van der Waals surface area (Å²) in [6.07, 6.45) is 4.55. The van der Waals surface area contributed by atoms with Crippen molar-refractivity contribution in [1.82, 2.24) is 0 Å². The van der Waals surface area contributed by atoms with Crippen molar-refractivity contribution in [2.24, 2.45) is 5.92 Å². The topological polar surface area (TPSA) is 12.5 Å². The summed E-state index contributed by atoms with van der Waals surface area (Å²) in [6, 6.07) is 10.5. The van der Waals surface area contributed by atoms with Gasteiger partial charge in [-0.25, -0.2) is 5.06 Å². The molecular formula is C14H19NO. The molecular weight excluding hydrogens is 198 g/mol. The SMILES string of the molecule is CC(C)[C@@H]1C=C[C@@H](C)N(c2ccccc2)O1. The summed E-state index contributed by atoms with van der Waals surface area (Å²) in [7, 11) is 0. The van der Waals surface area contributed by atoms with Crippen molar-refractivity contribution < 1.29 is 4.84 Å². The van der Waals surface area contributed by atoms with Gasteiger partial charge < -0.3 is 0 Å². The molecule has 0 aliphatic carbocycles. The molecule has 0 radical (unpaired) electrons. The van der Waals surface area contributed by atoms with Crippen molar-refractivity contribution in [2.75, 3.05) is 5.06 Å². The molecule has 0 aromatic heterocycles. The Morgan fingerprint density at radius 2 is 1.81 bits per heavy atom. The van der Waals surface area contributed by atoms with Gasteiger partial charge in [-0.05, 0) is 25.0 Å². The first-order chi connectivity index (χ1) is 7.68. The summed E-state index contributed by atoms with van der Waals surface area (Å²) in [6.45, 7) is 6.49. The maximum absolute atomic E-state index is 5.99. The van der Waals surface area contributed by atoms with Crippen LogP contribution < -0.4 is 5.06 Å². The number of rotatable bonds is 2. The highest BCUT2D eigenvalue weighted by Gasteiger charge is 2.23. The van der Waals surface area contributed by atoms with E-state index in [-0.39, 0.29) is 12.1 Å². The maximum Gasteiger partial charge on any atom is 0.106 e. The van der Waals surface area contributed by atoms with Crippen molar-refractivity contribution in [3.8, 4) is 0 Å². The number of benzene rings is 1. The third-order valence-electron chi connectivity index (χ3n) is 2.85. The minimum Gasteiger partial charge on any atom is -0.265 e. The molecule has 1 aromatic rings. The van der Waals surface area contributed by atoms with Gasteiger partial charge in [-0.3, -0.25) is 4.84 Å². The van der Waals surface area contributed by atoms with Gasteiger partial charge in [0.25, 0.3) is 0 Å². The molecule has 2 rings (SSSR count). The van der Waals surface area contributed by atoms with E-state index in [4.69, 9.17) is 4.84 Å². The molecule has 0 saturated heterocycles. The number of anilines is 1. The predicted octanol–water partition coefficient (Wildman–Crippen LogP) is 3.41. The van der Waals surface area contributed by atoms with E-state index in [0.717, 1.165) is 5.69 Å². The molecule has 86 valence electrons. The molecule has 2 heteroatoms. The van der Waals surface area contributed by atoms with Crippen LogP contribution in [0.4, 0.5) is 5.69 Å². The fourth-order valence-corrected chi connectivity index (χ4v) is 1.83. The molecule has 2 nitrogen and oxygen atoms in total. The van der Waals surface area contributed by atoms with Crippen molar-refractivity contribution >= 4 is 5.69 Å². The number of hydroxylamine groups is 1. The van der Waals surface area contributed by atoms with E-state index in [2.05, 4.69) is 45.1 Å². The van der Waals surface area contributed by atoms with Crippen LogP contribution in [0.1, 0.15) is 20.8 Å². The van der Waals surface area contributed by atoms with E-state index in [9.17, 15) is 0 Å². The summed E-state index contributed by atoms with van der Waals surface area (Å²) >= 11 is 0. The highest BCUT2D eigenvalue weighted by Crippen LogP contribution is 2.25. The van der Waals surface area contributed by atoms with Gasteiger partial charge in [-0.15, -0.1) is 0 Å². The zero-order valence-electron chi connectivity index (χ0n) is 10.1. The monoisotopic (exact) mass is 217 g/mol. The van der Waals surface area contributed by atoms with Gasteiger partial charge in [0.05, 0.1) is 11.7 Å². The van der Waals surface area contributed by atoms with Crippen molar-refractivity contribution in [3.05, 3.63) is 42.5 Å². The molecule has 16 heavy (non-hydrogen) atoms. The van der Waals surface area contributed by atoms with Crippen LogP contribution in [0.5, 0.6) is 0 Å². The quantitative estimate of drug-likeness (QED) is 0.704. The first-order valence-electron chi connectivity index (χ1n) is 5.88. The van der Waals surface area contributed by atoms with Crippen LogP contribution in [0.2, 0.25) is 0 Å². The van der Waals surface area contributed by atoms with Gasteiger partial charge in [0.15, 0.2) is 0 Å². The van der Waals surface area contributed by atoms with Crippen LogP contribution in [0.25, 0.3) is 0 Å². The summed E-state index contributed by atoms with van der Waals surface area (Å²) in [5.74, 6) is 0.495. The molecule has 0 bridgehead atoms. The Hall–Kier alpha value is -1.28. The Bertz CT molecular complexity index is 358. The van der Waals surface area contributed by atoms with E-state index in [1.54, 1.807) is 0 Å². The average molecular weight is 217 g/mol. The van der Waals surface area contributed by atoms with Crippen LogP contribution in [-0.4, -0.2) is 12.1 Å². The smallest absolute Gasteiger partial charge is 0.106 e. The van der Waals surface area contributed by atoms with Crippen LogP contribution in [0, 0.1) is 5.92 Å². The second-order valence-corrected chi connectivity index (χ2v) is 4.60. The van der Waals surface area contributed by atoms with Crippen molar-refractivity contribution in [3.63, 3.8) is 0 Å². The van der Waals surface area contributed by atoms with Crippen molar-refractivity contribution in [1.29, 1.82) is 0 Å². The van der Waals surface area contributed by atoms with E-state index in [0.29, 0.717) is 5.92 Å². The highest BCUT2D eigenvalue weighted by molar-refractivity contribution is 5.45. The predicted molar refractivity (Wildman–Crippen MR) is 67.2 cm³/mol. The lowest BCUT2D eigenvalue weighted by atomic mass is 10.0. The molecule has 1 heterocycles. The molecule has 0 fully saturated rings. The lowest BCUT2D eigenvalue weighted by Crippen LogP contribution is -2.40. The number of hydrogen-bond acceptors (Lipinski definition) is 2. The summed E-state index contributed by atoms with van der Waals surface area (Å²) in [4.78, 5) is 5.99. The Balaban J connectivity index is 2.19. The van der Waals surface area contributed by atoms with Crippen LogP contribution in [0.3, 0.4) is 0 Å². The minimum absolute atomic E-state index is 0.177. The van der Waals surface area contributed by atoms with E-state index in [1.165, 1.54) is 0 Å².